The third-order valence-electron chi connectivity index (χ3n) is 5.22. The first-order chi connectivity index (χ1) is 9.71. The normalized spacial score (nSPS) is 34.6. The molecule has 0 aromatic heterocycles. The van der Waals surface area contributed by atoms with Crippen molar-refractivity contribution in [2.75, 3.05) is 26.2 Å². The minimum atomic E-state index is -0.362. The van der Waals surface area contributed by atoms with Gasteiger partial charge in [-0.15, -0.1) is 0 Å². The molecule has 1 saturated heterocycles. The van der Waals surface area contributed by atoms with Gasteiger partial charge in [0.15, 0.2) is 0 Å². The minimum Gasteiger partial charge on any atom is -0.339 e. The summed E-state index contributed by atoms with van der Waals surface area (Å²) in [4.78, 5) is 28.6. The molecule has 5 heteroatoms. The molecule has 21 heavy (non-hydrogen) atoms. The van der Waals surface area contributed by atoms with Gasteiger partial charge in [-0.05, 0) is 19.3 Å². The molecule has 3 saturated carbocycles. The van der Waals surface area contributed by atoms with E-state index in [1.807, 2.05) is 30.6 Å². The molecule has 0 aromatic carbocycles. The van der Waals surface area contributed by atoms with Crippen LogP contribution in [-0.4, -0.2) is 47.8 Å². The summed E-state index contributed by atoms with van der Waals surface area (Å²) < 4.78 is 0. The van der Waals surface area contributed by atoms with Gasteiger partial charge >= 0.3 is 0 Å². The highest BCUT2D eigenvalue weighted by Crippen LogP contribution is 2.73. The lowest BCUT2D eigenvalue weighted by Gasteiger charge is -2.66. The summed E-state index contributed by atoms with van der Waals surface area (Å²) >= 11 is 0. The molecule has 0 N–H and O–H groups in total. The fourth-order valence-electron chi connectivity index (χ4n) is 4.06. The quantitative estimate of drug-likeness (QED) is 0.733. The van der Waals surface area contributed by atoms with E-state index in [1.54, 1.807) is 0 Å². The molecule has 114 valence electrons. The maximum atomic E-state index is 12.6. The molecule has 0 aromatic rings. The molecule has 4 aliphatic rings. The van der Waals surface area contributed by atoms with E-state index in [4.69, 9.17) is 5.26 Å². The zero-order valence-electron chi connectivity index (χ0n) is 13.1. The van der Waals surface area contributed by atoms with Gasteiger partial charge in [-0.2, -0.15) is 5.26 Å². The van der Waals surface area contributed by atoms with E-state index >= 15 is 0 Å². The largest absolute Gasteiger partial charge is 0.339 e. The standard InChI is InChI=1S/C16H23N3O2/c1-14(2,3)12(20)18-4-6-19(7-5-18)13(21)16-8-15(9-16,10-16)11-17/h4-10H2,1-3H3. The lowest BCUT2D eigenvalue weighted by atomic mass is 9.35. The van der Waals surface area contributed by atoms with Crippen molar-refractivity contribution in [3.8, 4) is 6.07 Å². The van der Waals surface area contributed by atoms with Crippen molar-refractivity contribution in [3.05, 3.63) is 0 Å². The molecule has 1 aliphatic heterocycles. The summed E-state index contributed by atoms with van der Waals surface area (Å²) in [6, 6.07) is 2.34. The van der Waals surface area contributed by atoms with Gasteiger partial charge in [0.1, 0.15) is 0 Å². The molecular formula is C16H23N3O2. The van der Waals surface area contributed by atoms with Crippen molar-refractivity contribution in [1.29, 1.82) is 5.26 Å². The molecule has 1 heterocycles. The molecule has 2 bridgehead atoms. The van der Waals surface area contributed by atoms with Crippen LogP contribution in [0.1, 0.15) is 40.0 Å². The summed E-state index contributed by atoms with van der Waals surface area (Å²) in [6.45, 7) is 8.29. The number of nitrogens with zero attached hydrogens (tertiary/aromatic N) is 3. The van der Waals surface area contributed by atoms with Crippen LogP contribution < -0.4 is 0 Å². The molecule has 2 amide bonds. The van der Waals surface area contributed by atoms with Crippen molar-refractivity contribution < 1.29 is 9.59 Å². The molecule has 0 atom stereocenters. The van der Waals surface area contributed by atoms with Crippen LogP contribution in [0.3, 0.4) is 0 Å². The molecule has 0 unspecified atom stereocenters. The number of carbonyl (C=O) groups excluding carboxylic acids is 2. The molecule has 0 radical (unpaired) electrons. The molecule has 3 aliphatic carbocycles. The summed E-state index contributed by atoms with van der Waals surface area (Å²) in [7, 11) is 0. The first-order valence-electron chi connectivity index (χ1n) is 7.72. The van der Waals surface area contributed by atoms with Crippen LogP contribution in [0.5, 0.6) is 0 Å². The Morgan fingerprint density at radius 2 is 1.48 bits per heavy atom. The second kappa shape index (κ2) is 4.22. The third kappa shape index (κ3) is 2.04. The number of nitriles is 1. The molecular weight excluding hydrogens is 266 g/mol. The van der Waals surface area contributed by atoms with Gasteiger partial charge in [0.05, 0.1) is 16.9 Å². The molecule has 4 rings (SSSR count). The molecule has 5 nitrogen and oxygen atoms in total. The van der Waals surface area contributed by atoms with E-state index in [0.717, 1.165) is 19.3 Å². The van der Waals surface area contributed by atoms with Gasteiger partial charge in [0.2, 0.25) is 11.8 Å². The van der Waals surface area contributed by atoms with Crippen molar-refractivity contribution in [2.24, 2.45) is 16.2 Å². The van der Waals surface area contributed by atoms with Crippen molar-refractivity contribution in [1.82, 2.24) is 9.80 Å². The second-order valence-electron chi connectivity index (χ2n) is 8.04. The maximum Gasteiger partial charge on any atom is 0.229 e. The molecule has 0 spiro atoms. The van der Waals surface area contributed by atoms with Gasteiger partial charge in [-0.25, -0.2) is 0 Å². The fourth-order valence-corrected chi connectivity index (χ4v) is 4.06. The Morgan fingerprint density at radius 1 is 1.00 bits per heavy atom. The van der Waals surface area contributed by atoms with Crippen molar-refractivity contribution in [2.45, 2.75) is 40.0 Å². The summed E-state index contributed by atoms with van der Waals surface area (Å²) in [5, 5.41) is 9.04. The Hall–Kier alpha value is -1.57. The first kappa shape index (κ1) is 14.4. The Bertz CT molecular complexity index is 513. The number of piperazine rings is 1. The van der Waals surface area contributed by atoms with Crippen LogP contribution in [0.25, 0.3) is 0 Å². The lowest BCUT2D eigenvalue weighted by molar-refractivity contribution is -0.197. The fraction of sp³-hybridized carbons (Fsp3) is 0.812. The van der Waals surface area contributed by atoms with Crippen LogP contribution in [-0.2, 0) is 9.59 Å². The lowest BCUT2D eigenvalue weighted by Crippen LogP contribution is -2.69. The smallest absolute Gasteiger partial charge is 0.229 e. The highest BCUT2D eigenvalue weighted by atomic mass is 16.2. The van der Waals surface area contributed by atoms with E-state index in [9.17, 15) is 9.59 Å². The molecule has 4 fully saturated rings. The second-order valence-corrected chi connectivity index (χ2v) is 8.04. The maximum absolute atomic E-state index is 12.6. The van der Waals surface area contributed by atoms with Crippen LogP contribution in [0.2, 0.25) is 0 Å². The van der Waals surface area contributed by atoms with E-state index in [0.29, 0.717) is 26.2 Å². The van der Waals surface area contributed by atoms with Gasteiger partial charge in [-0.1, -0.05) is 20.8 Å². The average Bonchev–Trinajstić information content (AvgIpc) is 2.34. The third-order valence-corrected chi connectivity index (χ3v) is 5.22. The van der Waals surface area contributed by atoms with Crippen LogP contribution in [0, 0.1) is 27.6 Å². The highest BCUT2D eigenvalue weighted by Gasteiger charge is 2.72. The van der Waals surface area contributed by atoms with Crippen LogP contribution in [0.15, 0.2) is 0 Å². The average molecular weight is 289 g/mol. The topological polar surface area (TPSA) is 64.4 Å². The number of rotatable bonds is 1. The number of amides is 2. The van der Waals surface area contributed by atoms with Crippen LogP contribution in [0.4, 0.5) is 0 Å². The first-order valence-corrected chi connectivity index (χ1v) is 7.72. The van der Waals surface area contributed by atoms with E-state index in [-0.39, 0.29) is 28.1 Å². The summed E-state index contributed by atoms with van der Waals surface area (Å²) in [5.74, 6) is 0.367. The Balaban J connectivity index is 1.55. The van der Waals surface area contributed by atoms with E-state index < -0.39 is 0 Å². The van der Waals surface area contributed by atoms with Crippen molar-refractivity contribution in [3.63, 3.8) is 0 Å². The van der Waals surface area contributed by atoms with Gasteiger partial charge < -0.3 is 9.80 Å². The minimum absolute atomic E-state index is 0.156. The number of hydrogen-bond acceptors (Lipinski definition) is 3. The summed E-state index contributed by atoms with van der Waals surface area (Å²) in [5.41, 5.74) is -0.773. The summed E-state index contributed by atoms with van der Waals surface area (Å²) in [6.07, 6.45) is 2.24. The van der Waals surface area contributed by atoms with Gasteiger partial charge in [0.25, 0.3) is 0 Å². The monoisotopic (exact) mass is 289 g/mol. The van der Waals surface area contributed by atoms with Gasteiger partial charge in [0, 0.05) is 31.6 Å². The Morgan fingerprint density at radius 3 is 1.90 bits per heavy atom. The predicted molar refractivity (Wildman–Crippen MR) is 76.9 cm³/mol. The Labute approximate surface area is 125 Å². The Kier molecular flexibility index (Phi) is 2.89. The zero-order chi connectivity index (χ0) is 15.5. The van der Waals surface area contributed by atoms with E-state index in [1.165, 1.54) is 0 Å². The highest BCUT2D eigenvalue weighted by molar-refractivity contribution is 5.87. The van der Waals surface area contributed by atoms with E-state index in [2.05, 4.69) is 6.07 Å². The SMILES string of the molecule is CC(C)(C)C(=O)N1CCN(C(=O)C23CC(C#N)(C2)C3)CC1. The predicted octanol–water partition coefficient (Wildman–Crippen LogP) is 1.40. The van der Waals surface area contributed by atoms with Crippen molar-refractivity contribution >= 4 is 11.8 Å². The van der Waals surface area contributed by atoms with Crippen LogP contribution >= 0.6 is 0 Å². The number of hydrogen-bond donors (Lipinski definition) is 0. The zero-order valence-corrected chi connectivity index (χ0v) is 13.1. The number of carbonyl (C=O) groups is 2. The van der Waals surface area contributed by atoms with Gasteiger partial charge in [-0.3, -0.25) is 9.59 Å².